The summed E-state index contributed by atoms with van der Waals surface area (Å²) in [5.74, 6) is -0.566. The van der Waals surface area contributed by atoms with Crippen molar-refractivity contribution in [1.82, 2.24) is 0 Å². The van der Waals surface area contributed by atoms with Gasteiger partial charge in [-0.05, 0) is 22.6 Å². The maximum atomic E-state index is 11.7. The molecule has 1 unspecified atom stereocenters. The summed E-state index contributed by atoms with van der Waals surface area (Å²) >= 11 is 1.50. The summed E-state index contributed by atoms with van der Waals surface area (Å²) in [5.41, 5.74) is 0. The smallest absolute Gasteiger partial charge is 0.393 e. The van der Waals surface area contributed by atoms with E-state index in [0.29, 0.717) is 0 Å². The molecule has 0 bridgehead atoms. The summed E-state index contributed by atoms with van der Waals surface area (Å²) in [7, 11) is 0. The zero-order valence-corrected chi connectivity index (χ0v) is 7.40. The van der Waals surface area contributed by atoms with Gasteiger partial charge in [-0.25, -0.2) is 0 Å². The molecule has 2 nitrogen and oxygen atoms in total. The second-order valence-electron chi connectivity index (χ2n) is 2.33. The summed E-state index contributed by atoms with van der Waals surface area (Å²) in [5, 5.41) is 0. The molecular formula is C5H4F3IO2. The molecule has 1 atom stereocenters. The van der Waals surface area contributed by atoms with E-state index in [1.165, 1.54) is 22.6 Å². The molecule has 1 aliphatic rings. The first-order valence-electron chi connectivity index (χ1n) is 2.78. The number of halogens is 4. The molecule has 0 amide bonds. The third kappa shape index (κ3) is 2.49. The highest BCUT2D eigenvalue weighted by Gasteiger charge is 2.51. The van der Waals surface area contributed by atoms with Crippen molar-refractivity contribution >= 4 is 28.6 Å². The predicted octanol–water partition coefficient (Wildman–Crippen LogP) is 2.02. The van der Waals surface area contributed by atoms with Crippen molar-refractivity contribution in [3.05, 3.63) is 0 Å². The fourth-order valence-electron chi connectivity index (χ4n) is 0.809. The topological polar surface area (TPSA) is 26.3 Å². The Morgan fingerprint density at radius 3 is 2.36 bits per heavy atom. The second kappa shape index (κ2) is 2.49. The fraction of sp³-hybridized carbons (Fsp3) is 0.800. The molecule has 1 aliphatic heterocycles. The van der Waals surface area contributed by atoms with Crippen molar-refractivity contribution in [3.63, 3.8) is 0 Å². The van der Waals surface area contributed by atoms with Gasteiger partial charge < -0.3 is 4.74 Å². The highest BCUT2D eigenvalue weighted by atomic mass is 127. The summed E-state index contributed by atoms with van der Waals surface area (Å²) in [6, 6.07) is 0. The molecule has 0 radical (unpaired) electrons. The quantitative estimate of drug-likeness (QED) is 0.417. The summed E-state index contributed by atoms with van der Waals surface area (Å²) in [4.78, 5) is 10.2. The highest BCUT2D eigenvalue weighted by Crippen LogP contribution is 2.43. The van der Waals surface area contributed by atoms with Crippen molar-refractivity contribution in [2.75, 3.05) is 0 Å². The monoisotopic (exact) mass is 280 g/mol. The van der Waals surface area contributed by atoms with E-state index in [1.54, 1.807) is 0 Å². The van der Waals surface area contributed by atoms with Crippen molar-refractivity contribution in [2.24, 2.45) is 0 Å². The molecular weight excluding hydrogens is 276 g/mol. The molecule has 0 saturated carbocycles. The SMILES string of the molecule is O=C1CC(I)(CC(F)(F)F)O1. The molecule has 0 aromatic rings. The van der Waals surface area contributed by atoms with Gasteiger partial charge in [0.05, 0.1) is 12.8 Å². The van der Waals surface area contributed by atoms with Gasteiger partial charge in [-0.15, -0.1) is 0 Å². The Balaban J connectivity index is 2.44. The van der Waals surface area contributed by atoms with E-state index < -0.39 is 22.2 Å². The normalized spacial score (nSPS) is 31.1. The van der Waals surface area contributed by atoms with Crippen LogP contribution in [0.5, 0.6) is 0 Å². The van der Waals surface area contributed by atoms with E-state index in [4.69, 9.17) is 0 Å². The molecule has 0 aromatic carbocycles. The molecule has 6 heteroatoms. The van der Waals surface area contributed by atoms with E-state index in [0.717, 1.165) is 0 Å². The maximum absolute atomic E-state index is 11.7. The van der Waals surface area contributed by atoms with Crippen LogP contribution in [0.1, 0.15) is 12.8 Å². The van der Waals surface area contributed by atoms with Crippen molar-refractivity contribution < 1.29 is 22.7 Å². The minimum Gasteiger partial charge on any atom is -0.447 e. The van der Waals surface area contributed by atoms with Crippen LogP contribution < -0.4 is 0 Å². The number of hydrogen-bond donors (Lipinski definition) is 0. The van der Waals surface area contributed by atoms with Crippen LogP contribution >= 0.6 is 22.6 Å². The van der Waals surface area contributed by atoms with E-state index in [1.807, 2.05) is 0 Å². The number of hydrogen-bond acceptors (Lipinski definition) is 2. The lowest BCUT2D eigenvalue weighted by Gasteiger charge is -2.35. The minimum atomic E-state index is -4.26. The van der Waals surface area contributed by atoms with E-state index >= 15 is 0 Å². The lowest BCUT2D eigenvalue weighted by molar-refractivity contribution is -0.199. The molecule has 11 heavy (non-hydrogen) atoms. The highest BCUT2D eigenvalue weighted by molar-refractivity contribution is 14.1. The molecule has 0 spiro atoms. The third-order valence-electron chi connectivity index (χ3n) is 1.17. The van der Waals surface area contributed by atoms with Crippen LogP contribution in [0.3, 0.4) is 0 Å². The largest absolute Gasteiger partial charge is 0.447 e. The molecule has 1 rings (SSSR count). The van der Waals surface area contributed by atoms with Gasteiger partial charge in [0, 0.05) is 0 Å². The van der Waals surface area contributed by atoms with E-state index in [-0.39, 0.29) is 6.42 Å². The Bertz CT molecular complexity index is 181. The number of ether oxygens (including phenoxy) is 1. The number of rotatable bonds is 1. The Morgan fingerprint density at radius 2 is 2.09 bits per heavy atom. The van der Waals surface area contributed by atoms with Gasteiger partial charge in [0.1, 0.15) is 0 Å². The standard InChI is InChI=1S/C5H4F3IO2/c6-5(7,8)2-4(9)1-3(10)11-4/h1-2H2. The number of esters is 1. The Morgan fingerprint density at radius 1 is 1.64 bits per heavy atom. The predicted molar refractivity (Wildman–Crippen MR) is 38.1 cm³/mol. The van der Waals surface area contributed by atoms with Gasteiger partial charge in [-0.3, -0.25) is 4.79 Å². The second-order valence-corrected chi connectivity index (χ2v) is 4.29. The van der Waals surface area contributed by atoms with Crippen molar-refractivity contribution in [1.29, 1.82) is 0 Å². The third-order valence-corrected chi connectivity index (χ3v) is 2.15. The summed E-state index contributed by atoms with van der Waals surface area (Å²) < 4.78 is 38.1. The van der Waals surface area contributed by atoms with Crippen LogP contribution in [0.2, 0.25) is 0 Å². The first kappa shape index (κ1) is 9.08. The van der Waals surface area contributed by atoms with Crippen molar-refractivity contribution in [2.45, 2.75) is 22.6 Å². The van der Waals surface area contributed by atoms with Gasteiger partial charge in [-0.2, -0.15) is 13.2 Å². The maximum Gasteiger partial charge on any atom is 0.393 e. The molecule has 0 aromatic heterocycles. The van der Waals surface area contributed by atoms with Gasteiger partial charge in [0.25, 0.3) is 0 Å². The van der Waals surface area contributed by atoms with Crippen LogP contribution in [-0.4, -0.2) is 15.8 Å². The molecule has 0 N–H and O–H groups in total. The molecule has 0 aliphatic carbocycles. The van der Waals surface area contributed by atoms with Gasteiger partial charge >= 0.3 is 12.1 Å². The lowest BCUT2D eigenvalue weighted by atomic mass is 10.1. The van der Waals surface area contributed by atoms with Gasteiger partial charge in [0.15, 0.2) is 3.61 Å². The number of carbonyl (C=O) groups excluding carboxylic acids is 1. The first-order chi connectivity index (χ1) is 4.81. The van der Waals surface area contributed by atoms with Crippen LogP contribution in [0.25, 0.3) is 0 Å². The minimum absolute atomic E-state index is 0.146. The first-order valence-corrected chi connectivity index (χ1v) is 3.86. The molecule has 1 fully saturated rings. The van der Waals surface area contributed by atoms with Crippen LogP contribution in [0.15, 0.2) is 0 Å². The van der Waals surface area contributed by atoms with Crippen molar-refractivity contribution in [3.8, 4) is 0 Å². The van der Waals surface area contributed by atoms with Gasteiger partial charge in [0.2, 0.25) is 0 Å². The summed E-state index contributed by atoms with van der Waals surface area (Å²) in [6.07, 6.45) is -5.47. The number of alkyl halides is 4. The summed E-state index contributed by atoms with van der Waals surface area (Å²) in [6.45, 7) is 0. The zero-order chi connectivity index (χ0) is 8.70. The van der Waals surface area contributed by atoms with Crippen LogP contribution in [0, 0.1) is 0 Å². The average Bonchev–Trinajstić information content (AvgIpc) is 1.53. The zero-order valence-electron chi connectivity index (χ0n) is 5.24. The Kier molecular flexibility index (Phi) is 2.06. The van der Waals surface area contributed by atoms with Crippen LogP contribution in [-0.2, 0) is 9.53 Å². The van der Waals surface area contributed by atoms with Crippen LogP contribution in [0.4, 0.5) is 13.2 Å². The lowest BCUT2D eigenvalue weighted by Crippen LogP contribution is -2.45. The average molecular weight is 280 g/mol. The Hall–Kier alpha value is -0.0100. The fourth-order valence-corrected chi connectivity index (χ4v) is 1.80. The number of carbonyl (C=O) groups is 1. The van der Waals surface area contributed by atoms with E-state index in [9.17, 15) is 18.0 Å². The van der Waals surface area contributed by atoms with Gasteiger partial charge in [-0.1, -0.05) is 0 Å². The number of cyclic esters (lactones) is 1. The molecule has 1 saturated heterocycles. The molecule has 1 heterocycles. The molecule has 64 valence electrons. The van der Waals surface area contributed by atoms with E-state index in [2.05, 4.69) is 4.74 Å². The Labute approximate surface area is 74.2 Å².